The Morgan fingerprint density at radius 1 is 1.16 bits per heavy atom. The highest BCUT2D eigenvalue weighted by Crippen LogP contribution is 2.28. The molecule has 1 fully saturated rings. The highest BCUT2D eigenvalue weighted by molar-refractivity contribution is 5.93. The lowest BCUT2D eigenvalue weighted by Crippen LogP contribution is -2.28. The first-order valence-electron chi connectivity index (χ1n) is 7.03. The molecule has 0 amide bonds. The molecule has 1 aliphatic carbocycles. The Morgan fingerprint density at radius 2 is 1.95 bits per heavy atom. The average Bonchev–Trinajstić information content (AvgIpc) is 2.45. The van der Waals surface area contributed by atoms with Crippen LogP contribution in [0.25, 0.3) is 10.9 Å². The van der Waals surface area contributed by atoms with Gasteiger partial charge in [0.05, 0.1) is 11.6 Å². The van der Waals surface area contributed by atoms with Gasteiger partial charge in [-0.05, 0) is 56.4 Å². The lowest BCUT2D eigenvalue weighted by Gasteiger charge is -2.27. The van der Waals surface area contributed by atoms with Crippen LogP contribution in [0.2, 0.25) is 0 Å². The fourth-order valence-corrected chi connectivity index (χ4v) is 2.88. The third-order valence-electron chi connectivity index (χ3n) is 4.03. The highest BCUT2D eigenvalue weighted by Gasteiger charge is 2.19. The summed E-state index contributed by atoms with van der Waals surface area (Å²) in [5, 5.41) is 14.4. The molecule has 1 aromatic carbocycles. The number of hydrogen-bond acceptors (Lipinski definition) is 3. The zero-order chi connectivity index (χ0) is 13.2. The van der Waals surface area contributed by atoms with E-state index in [0.29, 0.717) is 6.04 Å². The Hall–Kier alpha value is -1.61. The van der Waals surface area contributed by atoms with Crippen LogP contribution in [-0.4, -0.2) is 22.2 Å². The number of aromatic nitrogens is 1. The molecule has 3 heteroatoms. The van der Waals surface area contributed by atoms with Crippen molar-refractivity contribution in [1.82, 2.24) is 4.98 Å². The molecule has 100 valence electrons. The third-order valence-corrected chi connectivity index (χ3v) is 4.03. The van der Waals surface area contributed by atoms with Gasteiger partial charge < -0.3 is 10.4 Å². The Labute approximate surface area is 113 Å². The molecule has 1 aliphatic rings. The van der Waals surface area contributed by atoms with Crippen molar-refractivity contribution in [3.63, 3.8) is 0 Å². The standard InChI is InChI=1S/C16H20N2O/c1-11-4-9-15(14-3-2-10-17-16(11)14)18-12-5-7-13(19)8-6-12/h2-4,9-10,12-13,18-19H,5-8H2,1H3. The van der Waals surface area contributed by atoms with E-state index in [4.69, 9.17) is 0 Å². The SMILES string of the molecule is Cc1ccc(NC2CCC(O)CC2)c2cccnc12. The van der Waals surface area contributed by atoms with E-state index in [1.807, 2.05) is 12.3 Å². The monoisotopic (exact) mass is 256 g/mol. The van der Waals surface area contributed by atoms with Crippen molar-refractivity contribution in [1.29, 1.82) is 0 Å². The number of anilines is 1. The van der Waals surface area contributed by atoms with Gasteiger partial charge in [0, 0.05) is 23.3 Å². The molecule has 3 rings (SSSR count). The van der Waals surface area contributed by atoms with E-state index in [2.05, 4.69) is 35.4 Å². The van der Waals surface area contributed by atoms with Gasteiger partial charge in [0.1, 0.15) is 0 Å². The number of aryl methyl sites for hydroxylation is 1. The molecule has 3 nitrogen and oxygen atoms in total. The van der Waals surface area contributed by atoms with Crippen molar-refractivity contribution in [2.45, 2.75) is 44.8 Å². The number of benzene rings is 1. The number of nitrogens with zero attached hydrogens (tertiary/aromatic N) is 1. The summed E-state index contributed by atoms with van der Waals surface area (Å²) in [4.78, 5) is 4.47. The third kappa shape index (κ3) is 2.56. The summed E-state index contributed by atoms with van der Waals surface area (Å²) in [6, 6.07) is 8.83. The molecule has 0 spiro atoms. The van der Waals surface area contributed by atoms with Gasteiger partial charge in [-0.25, -0.2) is 0 Å². The molecule has 0 atom stereocenters. The fraction of sp³-hybridized carbons (Fsp3) is 0.438. The van der Waals surface area contributed by atoms with Gasteiger partial charge in [0.15, 0.2) is 0 Å². The molecule has 1 saturated carbocycles. The van der Waals surface area contributed by atoms with Crippen LogP contribution in [0.3, 0.4) is 0 Å². The molecule has 1 heterocycles. The smallest absolute Gasteiger partial charge is 0.0751 e. The van der Waals surface area contributed by atoms with E-state index >= 15 is 0 Å². The number of nitrogens with one attached hydrogen (secondary N) is 1. The average molecular weight is 256 g/mol. The van der Waals surface area contributed by atoms with Crippen molar-refractivity contribution in [3.8, 4) is 0 Å². The summed E-state index contributed by atoms with van der Waals surface area (Å²) in [7, 11) is 0. The summed E-state index contributed by atoms with van der Waals surface area (Å²) in [6.45, 7) is 2.09. The van der Waals surface area contributed by atoms with Crippen LogP contribution in [-0.2, 0) is 0 Å². The predicted octanol–water partition coefficient (Wildman–Crippen LogP) is 3.26. The predicted molar refractivity (Wildman–Crippen MR) is 78.4 cm³/mol. The summed E-state index contributed by atoms with van der Waals surface area (Å²) in [5.74, 6) is 0. The minimum absolute atomic E-state index is 0.102. The highest BCUT2D eigenvalue weighted by atomic mass is 16.3. The first-order valence-corrected chi connectivity index (χ1v) is 7.03. The summed E-state index contributed by atoms with van der Waals surface area (Å²) < 4.78 is 0. The van der Waals surface area contributed by atoms with Crippen molar-refractivity contribution < 1.29 is 5.11 Å². The van der Waals surface area contributed by atoms with Crippen LogP contribution in [0, 0.1) is 6.92 Å². The van der Waals surface area contributed by atoms with Crippen molar-refractivity contribution in [2.24, 2.45) is 0 Å². The summed E-state index contributed by atoms with van der Waals surface area (Å²) in [6.07, 6.45) is 5.62. The number of hydrogen-bond donors (Lipinski definition) is 2. The van der Waals surface area contributed by atoms with Gasteiger partial charge in [-0.15, -0.1) is 0 Å². The van der Waals surface area contributed by atoms with Gasteiger partial charge >= 0.3 is 0 Å². The molecular weight excluding hydrogens is 236 g/mol. The maximum atomic E-state index is 9.56. The quantitative estimate of drug-likeness (QED) is 0.867. The second-order valence-electron chi connectivity index (χ2n) is 5.48. The Bertz CT molecular complexity index is 574. The normalized spacial score (nSPS) is 23.5. The largest absolute Gasteiger partial charge is 0.393 e. The molecule has 1 aromatic heterocycles. The zero-order valence-electron chi connectivity index (χ0n) is 11.3. The molecule has 0 saturated heterocycles. The second-order valence-corrected chi connectivity index (χ2v) is 5.48. The number of fused-ring (bicyclic) bond motifs is 1. The van der Waals surface area contributed by atoms with E-state index < -0.39 is 0 Å². The van der Waals surface area contributed by atoms with Gasteiger partial charge in [-0.1, -0.05) is 6.07 Å². The van der Waals surface area contributed by atoms with Crippen molar-refractivity contribution in [2.75, 3.05) is 5.32 Å². The lowest BCUT2D eigenvalue weighted by atomic mass is 9.92. The van der Waals surface area contributed by atoms with E-state index in [0.717, 1.165) is 36.9 Å². The van der Waals surface area contributed by atoms with Gasteiger partial charge in [-0.3, -0.25) is 4.98 Å². The summed E-state index contributed by atoms with van der Waals surface area (Å²) >= 11 is 0. The molecular formula is C16H20N2O. The van der Waals surface area contributed by atoms with Crippen LogP contribution in [0.1, 0.15) is 31.2 Å². The first-order chi connectivity index (χ1) is 9.24. The number of rotatable bonds is 2. The minimum atomic E-state index is -0.102. The van der Waals surface area contributed by atoms with Gasteiger partial charge in [-0.2, -0.15) is 0 Å². The van der Waals surface area contributed by atoms with Crippen LogP contribution in [0.5, 0.6) is 0 Å². The van der Waals surface area contributed by atoms with Crippen molar-refractivity contribution >= 4 is 16.6 Å². The lowest BCUT2D eigenvalue weighted by molar-refractivity contribution is 0.126. The van der Waals surface area contributed by atoms with Crippen LogP contribution >= 0.6 is 0 Å². The van der Waals surface area contributed by atoms with Crippen molar-refractivity contribution in [3.05, 3.63) is 36.0 Å². The topological polar surface area (TPSA) is 45.1 Å². The molecule has 0 radical (unpaired) electrons. The maximum Gasteiger partial charge on any atom is 0.0751 e. The molecule has 0 aliphatic heterocycles. The minimum Gasteiger partial charge on any atom is -0.393 e. The molecule has 0 bridgehead atoms. The van der Waals surface area contributed by atoms with E-state index in [9.17, 15) is 5.11 Å². The molecule has 19 heavy (non-hydrogen) atoms. The number of pyridine rings is 1. The first kappa shape index (κ1) is 12.4. The maximum absolute atomic E-state index is 9.56. The summed E-state index contributed by atoms with van der Waals surface area (Å²) in [5.41, 5.74) is 3.44. The second kappa shape index (κ2) is 5.17. The van der Waals surface area contributed by atoms with Crippen LogP contribution in [0.4, 0.5) is 5.69 Å². The van der Waals surface area contributed by atoms with E-state index in [1.54, 1.807) is 0 Å². The Morgan fingerprint density at radius 3 is 2.74 bits per heavy atom. The number of aliphatic hydroxyl groups excluding tert-OH is 1. The molecule has 2 aromatic rings. The van der Waals surface area contributed by atoms with E-state index in [1.165, 1.54) is 10.9 Å². The Balaban J connectivity index is 1.87. The zero-order valence-corrected chi connectivity index (χ0v) is 11.3. The van der Waals surface area contributed by atoms with Gasteiger partial charge in [0.2, 0.25) is 0 Å². The molecule has 2 N–H and O–H groups in total. The van der Waals surface area contributed by atoms with Crippen LogP contribution in [0.15, 0.2) is 30.5 Å². The number of aliphatic hydroxyl groups is 1. The fourth-order valence-electron chi connectivity index (χ4n) is 2.88. The van der Waals surface area contributed by atoms with Crippen LogP contribution < -0.4 is 5.32 Å². The van der Waals surface area contributed by atoms with Gasteiger partial charge in [0.25, 0.3) is 0 Å². The van der Waals surface area contributed by atoms with E-state index in [-0.39, 0.29) is 6.10 Å². The molecule has 0 unspecified atom stereocenters. The Kier molecular flexibility index (Phi) is 3.38.